The molecule has 2 N–H and O–H groups in total. The standard InChI is InChI=1S/C25H28BrNO6/c26-21-3-1-18(12-19(21)14-33-25(30)31)11-17-6-9-27(10-7-17)8-5-16-2-4-23-20(13-16)24(29)22(28)15-32-23/h1-4,12-13,17,22,28H,5-11,14-15H2,(H,30,31). The summed E-state index contributed by atoms with van der Waals surface area (Å²) in [6, 6.07) is 11.7. The number of piperidine rings is 1. The van der Waals surface area contributed by atoms with Crippen molar-refractivity contribution in [3.8, 4) is 5.75 Å². The minimum absolute atomic E-state index is 0.0256. The number of hydrogen-bond acceptors (Lipinski definition) is 6. The summed E-state index contributed by atoms with van der Waals surface area (Å²) in [5.41, 5.74) is 3.60. The van der Waals surface area contributed by atoms with E-state index in [0.29, 0.717) is 17.2 Å². The lowest BCUT2D eigenvalue weighted by Crippen LogP contribution is -2.36. The van der Waals surface area contributed by atoms with Crippen LogP contribution in [-0.2, 0) is 24.2 Å². The van der Waals surface area contributed by atoms with E-state index >= 15 is 0 Å². The molecule has 2 heterocycles. The zero-order chi connectivity index (χ0) is 23.4. The number of ether oxygens (including phenoxy) is 2. The Labute approximate surface area is 201 Å². The van der Waals surface area contributed by atoms with E-state index < -0.39 is 12.3 Å². The summed E-state index contributed by atoms with van der Waals surface area (Å²) in [7, 11) is 0. The Kier molecular flexibility index (Phi) is 7.67. The normalized spacial score (nSPS) is 19.1. The Morgan fingerprint density at radius 1 is 1.15 bits per heavy atom. The van der Waals surface area contributed by atoms with E-state index in [1.165, 1.54) is 5.56 Å². The summed E-state index contributed by atoms with van der Waals surface area (Å²) in [5.74, 6) is 0.890. The highest BCUT2D eigenvalue weighted by Gasteiger charge is 2.27. The van der Waals surface area contributed by atoms with Crippen LogP contribution in [0.2, 0.25) is 0 Å². The molecule has 0 aromatic heterocycles. The van der Waals surface area contributed by atoms with Crippen LogP contribution >= 0.6 is 15.9 Å². The third-order valence-electron chi connectivity index (χ3n) is 6.42. The number of likely N-dealkylation sites (tertiary alicyclic amines) is 1. The third-order valence-corrected chi connectivity index (χ3v) is 7.19. The average Bonchev–Trinajstić information content (AvgIpc) is 2.81. The summed E-state index contributed by atoms with van der Waals surface area (Å²) in [4.78, 5) is 25.3. The predicted octanol–water partition coefficient (Wildman–Crippen LogP) is 4.08. The summed E-state index contributed by atoms with van der Waals surface area (Å²) in [6.45, 7) is 3.06. The van der Waals surface area contributed by atoms with Gasteiger partial charge in [-0.1, -0.05) is 34.1 Å². The van der Waals surface area contributed by atoms with Gasteiger partial charge in [0.2, 0.25) is 0 Å². The lowest BCUT2D eigenvalue weighted by atomic mass is 9.89. The predicted molar refractivity (Wildman–Crippen MR) is 126 cm³/mol. The highest BCUT2D eigenvalue weighted by Crippen LogP contribution is 2.28. The summed E-state index contributed by atoms with van der Waals surface area (Å²) in [5, 5.41) is 18.5. The Hall–Kier alpha value is -2.42. The average molecular weight is 518 g/mol. The van der Waals surface area contributed by atoms with Crippen molar-refractivity contribution in [2.45, 2.75) is 38.4 Å². The van der Waals surface area contributed by atoms with Crippen molar-refractivity contribution < 1.29 is 29.3 Å². The molecule has 2 aromatic rings. The molecule has 1 saturated heterocycles. The van der Waals surface area contributed by atoms with E-state index in [9.17, 15) is 14.7 Å². The number of rotatable bonds is 7. The molecular formula is C25H28BrNO6. The largest absolute Gasteiger partial charge is 0.506 e. The fourth-order valence-electron chi connectivity index (χ4n) is 4.51. The van der Waals surface area contributed by atoms with Crippen LogP contribution in [0.25, 0.3) is 0 Å². The van der Waals surface area contributed by atoms with Crippen LogP contribution in [0, 0.1) is 5.92 Å². The molecule has 7 nitrogen and oxygen atoms in total. The number of carbonyl (C=O) groups excluding carboxylic acids is 1. The van der Waals surface area contributed by atoms with Crippen LogP contribution in [0.15, 0.2) is 40.9 Å². The van der Waals surface area contributed by atoms with E-state index in [-0.39, 0.29) is 19.0 Å². The molecule has 2 aromatic carbocycles. The molecule has 1 atom stereocenters. The number of ketones is 1. The van der Waals surface area contributed by atoms with Gasteiger partial charge in [0.05, 0.1) is 5.56 Å². The van der Waals surface area contributed by atoms with Gasteiger partial charge in [-0.3, -0.25) is 4.79 Å². The first kappa shape index (κ1) is 23.7. The van der Waals surface area contributed by atoms with Crippen molar-refractivity contribution in [2.24, 2.45) is 5.92 Å². The highest BCUT2D eigenvalue weighted by molar-refractivity contribution is 9.10. The third kappa shape index (κ3) is 6.13. The number of nitrogens with zero attached hydrogens (tertiary/aromatic N) is 1. The van der Waals surface area contributed by atoms with Gasteiger partial charge in [-0.2, -0.15) is 0 Å². The van der Waals surface area contributed by atoms with Crippen molar-refractivity contribution in [3.63, 3.8) is 0 Å². The Balaban J connectivity index is 1.26. The number of carbonyl (C=O) groups is 2. The van der Waals surface area contributed by atoms with Gasteiger partial charge in [0, 0.05) is 16.6 Å². The van der Waals surface area contributed by atoms with Crippen LogP contribution in [-0.4, -0.2) is 59.4 Å². The maximum absolute atomic E-state index is 12.2. The number of aliphatic hydroxyl groups is 1. The molecule has 0 saturated carbocycles. The van der Waals surface area contributed by atoms with Crippen LogP contribution in [0.1, 0.15) is 39.9 Å². The zero-order valence-electron chi connectivity index (χ0n) is 18.3. The van der Waals surface area contributed by atoms with Gasteiger partial charge in [-0.15, -0.1) is 0 Å². The monoisotopic (exact) mass is 517 g/mol. The van der Waals surface area contributed by atoms with Gasteiger partial charge in [-0.25, -0.2) is 4.79 Å². The number of carboxylic acid groups (broad SMARTS) is 1. The molecule has 2 aliphatic heterocycles. The lowest BCUT2D eigenvalue weighted by molar-refractivity contribution is 0.0557. The van der Waals surface area contributed by atoms with Crippen molar-refractivity contribution in [1.29, 1.82) is 0 Å². The number of benzene rings is 2. The van der Waals surface area contributed by atoms with E-state index in [4.69, 9.17) is 14.6 Å². The van der Waals surface area contributed by atoms with Crippen molar-refractivity contribution in [3.05, 3.63) is 63.1 Å². The highest BCUT2D eigenvalue weighted by atomic mass is 79.9. The lowest BCUT2D eigenvalue weighted by Gasteiger charge is -2.32. The fraction of sp³-hybridized carbons (Fsp3) is 0.440. The Morgan fingerprint density at radius 3 is 2.67 bits per heavy atom. The molecule has 0 aliphatic carbocycles. The zero-order valence-corrected chi connectivity index (χ0v) is 19.9. The molecular weight excluding hydrogens is 490 g/mol. The number of fused-ring (bicyclic) bond motifs is 1. The molecule has 176 valence electrons. The van der Waals surface area contributed by atoms with Gasteiger partial charge in [0.15, 0.2) is 11.9 Å². The van der Waals surface area contributed by atoms with Gasteiger partial charge in [-0.05, 0) is 74.0 Å². The first-order chi connectivity index (χ1) is 15.9. The molecule has 4 rings (SSSR count). The first-order valence-electron chi connectivity index (χ1n) is 11.2. The SMILES string of the molecule is O=C(O)OCc1cc(CC2CCN(CCc3ccc4c(c3)C(=O)C(O)CO4)CC2)ccc1Br. The maximum Gasteiger partial charge on any atom is 0.506 e. The van der Waals surface area contributed by atoms with Crippen molar-refractivity contribution in [2.75, 3.05) is 26.2 Å². The number of halogens is 1. The molecule has 2 aliphatic rings. The second-order valence-electron chi connectivity index (χ2n) is 8.74. The Morgan fingerprint density at radius 2 is 1.91 bits per heavy atom. The minimum atomic E-state index is -1.27. The summed E-state index contributed by atoms with van der Waals surface area (Å²) < 4.78 is 11.0. The topological polar surface area (TPSA) is 96.3 Å². The van der Waals surface area contributed by atoms with E-state index in [1.807, 2.05) is 30.3 Å². The summed E-state index contributed by atoms with van der Waals surface area (Å²) >= 11 is 3.46. The molecule has 8 heteroatoms. The van der Waals surface area contributed by atoms with Gasteiger partial charge in [0.25, 0.3) is 0 Å². The number of aliphatic hydroxyl groups excluding tert-OH is 1. The van der Waals surface area contributed by atoms with Crippen LogP contribution < -0.4 is 4.74 Å². The number of hydrogen-bond donors (Lipinski definition) is 2. The first-order valence-corrected chi connectivity index (χ1v) is 12.0. The summed E-state index contributed by atoms with van der Waals surface area (Å²) in [6.07, 6.45) is 1.70. The van der Waals surface area contributed by atoms with Crippen LogP contribution in [0.5, 0.6) is 5.75 Å². The second-order valence-corrected chi connectivity index (χ2v) is 9.60. The molecule has 33 heavy (non-hydrogen) atoms. The molecule has 1 unspecified atom stereocenters. The van der Waals surface area contributed by atoms with E-state index in [2.05, 4.69) is 26.9 Å². The maximum atomic E-state index is 12.2. The molecule has 0 bridgehead atoms. The molecule has 0 spiro atoms. The fourth-order valence-corrected chi connectivity index (χ4v) is 4.88. The Bertz CT molecular complexity index is 1020. The van der Waals surface area contributed by atoms with Crippen molar-refractivity contribution >= 4 is 27.9 Å². The van der Waals surface area contributed by atoms with Crippen LogP contribution in [0.4, 0.5) is 4.79 Å². The minimum Gasteiger partial charge on any atom is -0.490 e. The smallest absolute Gasteiger partial charge is 0.490 e. The molecule has 1 fully saturated rings. The second kappa shape index (κ2) is 10.7. The van der Waals surface area contributed by atoms with Gasteiger partial charge in [0.1, 0.15) is 19.0 Å². The number of Topliss-reactive ketones (excluding diaryl/α,β-unsaturated/α-hetero) is 1. The van der Waals surface area contributed by atoms with Gasteiger partial charge >= 0.3 is 6.16 Å². The van der Waals surface area contributed by atoms with E-state index in [0.717, 1.165) is 60.9 Å². The molecule has 0 amide bonds. The van der Waals surface area contributed by atoms with E-state index in [1.54, 1.807) is 0 Å². The van der Waals surface area contributed by atoms with Crippen LogP contribution in [0.3, 0.4) is 0 Å². The quantitative estimate of drug-likeness (QED) is 0.534. The van der Waals surface area contributed by atoms with Gasteiger partial charge < -0.3 is 24.6 Å². The van der Waals surface area contributed by atoms with Crippen molar-refractivity contribution in [1.82, 2.24) is 4.90 Å². The molecule has 0 radical (unpaired) electrons.